The topological polar surface area (TPSA) is 177 Å². The molecule has 1 saturated heterocycles. The monoisotopic (exact) mass is 497 g/mol. The quantitative estimate of drug-likeness (QED) is 0.328. The maximum atomic E-state index is 13.3. The molecule has 190 valence electrons. The fraction of sp³-hybridized carbons (Fsp3) is 0.423. The number of ketones is 3. The number of rotatable bonds is 3. The van der Waals surface area contributed by atoms with Gasteiger partial charge in [0, 0.05) is 47.6 Å². The summed E-state index contributed by atoms with van der Waals surface area (Å²) in [5, 5.41) is 43.8. The Kier molecular flexibility index (Phi) is 5.77. The minimum Gasteiger partial charge on any atom is -0.507 e. The van der Waals surface area contributed by atoms with Crippen molar-refractivity contribution in [2.24, 2.45) is 5.73 Å². The summed E-state index contributed by atoms with van der Waals surface area (Å²) in [5.41, 5.74) is 3.38. The highest BCUT2D eigenvalue weighted by atomic mass is 16.7. The van der Waals surface area contributed by atoms with E-state index in [0.717, 1.165) is 0 Å². The lowest BCUT2D eigenvalue weighted by atomic mass is 9.72. The molecular weight excluding hydrogens is 470 g/mol. The highest BCUT2D eigenvalue weighted by Crippen LogP contribution is 2.51. The standard InChI is InChI=1S/C26H27NO9/c1-10-21(29)15(27)7-17(35-10)36-16-9-26(34,11(2)28)8-14-18(16)25(33)20-19(24(14)32)22(30)12-5-3-4-6-13(12)23(20)31/h3-6,10,15-17,21,29,32-34H,7-9,27H2,1-2H3/t10-,15-,16-,17+,21+,26-/m0/s1. The van der Waals surface area contributed by atoms with E-state index in [1.807, 2.05) is 0 Å². The Morgan fingerprint density at radius 3 is 2.25 bits per heavy atom. The highest BCUT2D eigenvalue weighted by Gasteiger charge is 2.49. The zero-order valence-electron chi connectivity index (χ0n) is 19.7. The van der Waals surface area contributed by atoms with Crippen LogP contribution in [0.15, 0.2) is 24.3 Å². The van der Waals surface area contributed by atoms with E-state index in [4.69, 9.17) is 15.2 Å². The largest absolute Gasteiger partial charge is 0.507 e. The Hall–Kier alpha value is -3.15. The van der Waals surface area contributed by atoms with Crippen molar-refractivity contribution in [2.45, 2.75) is 69.4 Å². The Bertz CT molecular complexity index is 1290. The van der Waals surface area contributed by atoms with Crippen molar-refractivity contribution in [3.8, 4) is 11.5 Å². The molecule has 1 heterocycles. The molecule has 2 aromatic carbocycles. The molecule has 10 nitrogen and oxygen atoms in total. The molecule has 0 bridgehead atoms. The fourth-order valence-corrected chi connectivity index (χ4v) is 5.42. The maximum Gasteiger partial charge on any atom is 0.198 e. The second-order valence-corrected chi connectivity index (χ2v) is 9.80. The molecular formula is C26H27NO9. The number of aromatic hydroxyl groups is 2. The summed E-state index contributed by atoms with van der Waals surface area (Å²) in [7, 11) is 0. The van der Waals surface area contributed by atoms with Crippen LogP contribution in [0.25, 0.3) is 0 Å². The lowest BCUT2D eigenvalue weighted by Gasteiger charge is -2.42. The predicted octanol–water partition coefficient (Wildman–Crippen LogP) is 1.02. The number of phenols is 2. The summed E-state index contributed by atoms with van der Waals surface area (Å²) >= 11 is 0. The van der Waals surface area contributed by atoms with Crippen LogP contribution in [-0.4, -0.2) is 67.9 Å². The lowest BCUT2D eigenvalue weighted by Crippen LogP contribution is -2.52. The molecule has 0 spiro atoms. The van der Waals surface area contributed by atoms with Crippen LogP contribution in [0, 0.1) is 0 Å². The number of nitrogens with two attached hydrogens (primary N) is 1. The summed E-state index contributed by atoms with van der Waals surface area (Å²) < 4.78 is 11.8. The van der Waals surface area contributed by atoms with Gasteiger partial charge in [0.15, 0.2) is 23.6 Å². The van der Waals surface area contributed by atoms with Gasteiger partial charge in [-0.15, -0.1) is 0 Å². The molecule has 0 saturated carbocycles. The van der Waals surface area contributed by atoms with E-state index in [0.29, 0.717) is 0 Å². The Morgan fingerprint density at radius 1 is 1.11 bits per heavy atom. The van der Waals surface area contributed by atoms with Crippen LogP contribution in [-0.2, 0) is 20.7 Å². The molecule has 0 amide bonds. The number of carbonyl (C=O) groups is 3. The number of fused-ring (bicyclic) bond motifs is 3. The van der Waals surface area contributed by atoms with E-state index < -0.39 is 71.5 Å². The summed E-state index contributed by atoms with van der Waals surface area (Å²) in [6.45, 7) is 2.80. The van der Waals surface area contributed by atoms with Crippen LogP contribution in [0.1, 0.15) is 75.8 Å². The minimum atomic E-state index is -1.97. The number of ether oxygens (including phenoxy) is 2. The average molecular weight is 498 g/mol. The molecule has 1 fully saturated rings. The van der Waals surface area contributed by atoms with Crippen molar-refractivity contribution >= 4 is 17.3 Å². The normalized spacial score (nSPS) is 31.4. The molecule has 2 aromatic rings. The Morgan fingerprint density at radius 2 is 1.69 bits per heavy atom. The fourth-order valence-electron chi connectivity index (χ4n) is 5.42. The van der Waals surface area contributed by atoms with Crippen molar-refractivity contribution in [2.75, 3.05) is 0 Å². The summed E-state index contributed by atoms with van der Waals surface area (Å²) in [6, 6.07) is 5.40. The molecule has 0 radical (unpaired) electrons. The number of benzene rings is 2. The summed E-state index contributed by atoms with van der Waals surface area (Å²) in [5.74, 6) is -3.06. The van der Waals surface area contributed by atoms with E-state index in [1.165, 1.54) is 19.1 Å². The van der Waals surface area contributed by atoms with Gasteiger partial charge in [0.2, 0.25) is 0 Å². The predicted molar refractivity (Wildman–Crippen MR) is 124 cm³/mol. The number of hydrogen-bond donors (Lipinski definition) is 5. The van der Waals surface area contributed by atoms with Crippen LogP contribution in [0.4, 0.5) is 0 Å². The number of Topliss-reactive ketones (excluding diaryl/α,β-unsaturated/α-hetero) is 1. The molecule has 0 unspecified atom stereocenters. The van der Waals surface area contributed by atoms with Gasteiger partial charge in [-0.1, -0.05) is 24.3 Å². The number of carbonyl (C=O) groups excluding carboxylic acids is 3. The van der Waals surface area contributed by atoms with E-state index in [-0.39, 0.29) is 46.2 Å². The van der Waals surface area contributed by atoms with Gasteiger partial charge < -0.3 is 35.6 Å². The number of phenolic OH excluding ortho intramolecular Hbond substituents is 2. The van der Waals surface area contributed by atoms with Crippen molar-refractivity contribution in [1.29, 1.82) is 0 Å². The molecule has 6 N–H and O–H groups in total. The first kappa shape index (κ1) is 24.5. The lowest BCUT2D eigenvalue weighted by molar-refractivity contribution is -0.247. The molecule has 1 aliphatic heterocycles. The van der Waals surface area contributed by atoms with E-state index in [2.05, 4.69) is 0 Å². The van der Waals surface area contributed by atoms with Gasteiger partial charge in [-0.3, -0.25) is 14.4 Å². The number of aliphatic hydroxyl groups is 2. The first-order valence-electron chi connectivity index (χ1n) is 11.7. The first-order chi connectivity index (χ1) is 16.9. The first-order valence-corrected chi connectivity index (χ1v) is 11.7. The van der Waals surface area contributed by atoms with Crippen LogP contribution in [0.2, 0.25) is 0 Å². The van der Waals surface area contributed by atoms with E-state index in [9.17, 15) is 34.8 Å². The van der Waals surface area contributed by atoms with Gasteiger partial charge in [-0.2, -0.15) is 0 Å². The molecule has 0 aromatic heterocycles. The van der Waals surface area contributed by atoms with Gasteiger partial charge in [-0.05, 0) is 13.8 Å². The van der Waals surface area contributed by atoms with Gasteiger partial charge in [0.05, 0.1) is 29.4 Å². The molecule has 3 aliphatic rings. The van der Waals surface area contributed by atoms with Gasteiger partial charge in [0.25, 0.3) is 0 Å². The Balaban J connectivity index is 1.66. The second kappa shape index (κ2) is 8.46. The van der Waals surface area contributed by atoms with Crippen molar-refractivity contribution in [3.05, 3.63) is 57.6 Å². The minimum absolute atomic E-state index is 0.00588. The van der Waals surface area contributed by atoms with Crippen LogP contribution in [0.3, 0.4) is 0 Å². The Labute approximate surface area is 206 Å². The molecule has 10 heteroatoms. The highest BCUT2D eigenvalue weighted by molar-refractivity contribution is 6.30. The van der Waals surface area contributed by atoms with Crippen LogP contribution >= 0.6 is 0 Å². The molecule has 2 aliphatic carbocycles. The smallest absolute Gasteiger partial charge is 0.198 e. The van der Waals surface area contributed by atoms with E-state index in [1.54, 1.807) is 19.1 Å². The maximum absolute atomic E-state index is 13.3. The average Bonchev–Trinajstić information content (AvgIpc) is 2.82. The van der Waals surface area contributed by atoms with Crippen molar-refractivity contribution in [3.63, 3.8) is 0 Å². The molecule has 5 rings (SSSR count). The number of hydrogen-bond acceptors (Lipinski definition) is 10. The van der Waals surface area contributed by atoms with Gasteiger partial charge in [0.1, 0.15) is 17.1 Å². The number of aliphatic hydroxyl groups excluding tert-OH is 1. The SMILES string of the molecule is CC(=O)[C@]1(O)Cc2c(O)c3c(c(O)c2[C@@H](O[C@@H]2C[C@H](N)[C@H](O)[C@H](C)O2)C1)C(=O)c1ccccc1C3=O. The zero-order valence-corrected chi connectivity index (χ0v) is 19.7. The third-order valence-electron chi connectivity index (χ3n) is 7.50. The summed E-state index contributed by atoms with van der Waals surface area (Å²) in [4.78, 5) is 39.0. The van der Waals surface area contributed by atoms with Gasteiger partial charge >= 0.3 is 0 Å². The zero-order chi connectivity index (χ0) is 26.1. The van der Waals surface area contributed by atoms with Crippen LogP contribution < -0.4 is 5.73 Å². The summed E-state index contributed by atoms with van der Waals surface area (Å²) in [6.07, 6.45) is -4.38. The van der Waals surface area contributed by atoms with Gasteiger partial charge in [-0.25, -0.2) is 0 Å². The van der Waals surface area contributed by atoms with Crippen molar-refractivity contribution < 1.29 is 44.3 Å². The van der Waals surface area contributed by atoms with Crippen LogP contribution in [0.5, 0.6) is 11.5 Å². The third kappa shape index (κ3) is 3.56. The molecule has 6 atom stereocenters. The van der Waals surface area contributed by atoms with E-state index >= 15 is 0 Å². The molecule has 36 heavy (non-hydrogen) atoms. The third-order valence-corrected chi connectivity index (χ3v) is 7.50. The second-order valence-electron chi connectivity index (χ2n) is 9.80. The van der Waals surface area contributed by atoms with Crippen molar-refractivity contribution in [1.82, 2.24) is 0 Å².